The first kappa shape index (κ1) is 13.5. The number of rotatable bonds is 1. The third kappa shape index (κ3) is 2.58. The molecule has 90 valence electrons. The van der Waals surface area contributed by atoms with Crippen molar-refractivity contribution < 1.29 is 0 Å². The van der Waals surface area contributed by atoms with Gasteiger partial charge < -0.3 is 0 Å². The van der Waals surface area contributed by atoms with E-state index in [-0.39, 0.29) is 0 Å². The fourth-order valence-corrected chi connectivity index (χ4v) is 2.34. The predicted molar refractivity (Wildman–Crippen MR) is 76.6 cm³/mol. The highest BCUT2D eigenvalue weighted by Gasteiger charge is 2.10. The van der Waals surface area contributed by atoms with Gasteiger partial charge in [-0.3, -0.25) is 0 Å². The Hall–Kier alpha value is -0.910. The number of benzene rings is 2. The maximum absolute atomic E-state index is 9.10. The lowest BCUT2D eigenvalue weighted by molar-refractivity contribution is 1.48. The lowest BCUT2D eigenvalue weighted by Crippen LogP contribution is -1.85. The molecule has 0 bridgehead atoms. The maximum atomic E-state index is 9.10. The summed E-state index contributed by atoms with van der Waals surface area (Å²) in [4.78, 5) is 0. The fraction of sp³-hybridized carbons (Fsp3) is 0. The molecule has 0 aliphatic carbocycles. The van der Waals surface area contributed by atoms with E-state index in [1.54, 1.807) is 30.3 Å². The second-order valence-corrected chi connectivity index (χ2v) is 5.18. The van der Waals surface area contributed by atoms with E-state index in [0.29, 0.717) is 31.2 Å². The summed E-state index contributed by atoms with van der Waals surface area (Å²) in [6, 6.07) is 10.5. The number of halogens is 4. The van der Waals surface area contributed by atoms with E-state index in [1.807, 2.05) is 0 Å². The highest BCUT2D eigenvalue weighted by Crippen LogP contribution is 2.36. The van der Waals surface area contributed by atoms with Crippen molar-refractivity contribution in [1.29, 1.82) is 5.26 Å². The van der Waals surface area contributed by atoms with Gasteiger partial charge in [0.05, 0.1) is 26.7 Å². The van der Waals surface area contributed by atoms with Crippen LogP contribution in [0.5, 0.6) is 0 Å². The Kier molecular flexibility index (Phi) is 4.04. The lowest BCUT2D eigenvalue weighted by Gasteiger charge is -2.07. The summed E-state index contributed by atoms with van der Waals surface area (Å²) < 4.78 is 0. The van der Waals surface area contributed by atoms with Gasteiger partial charge in [0.25, 0.3) is 0 Å². The molecule has 5 heteroatoms. The zero-order chi connectivity index (χ0) is 13.3. The van der Waals surface area contributed by atoms with Crippen molar-refractivity contribution >= 4 is 46.4 Å². The van der Waals surface area contributed by atoms with E-state index in [4.69, 9.17) is 51.7 Å². The number of hydrogen-bond donors (Lipinski definition) is 0. The average Bonchev–Trinajstić information content (AvgIpc) is 2.35. The molecule has 0 N–H and O–H groups in total. The standard InChI is InChI=1S/C13H5Cl4N/c14-9-1-2-10(8(3-9)6-18)7-4-11(15)13(17)12(16)5-7/h1-5H. The largest absolute Gasteiger partial charge is 0.192 e. The molecule has 0 fully saturated rings. The molecule has 0 heterocycles. The Morgan fingerprint density at radius 3 is 2.06 bits per heavy atom. The van der Waals surface area contributed by atoms with Gasteiger partial charge >= 0.3 is 0 Å². The average molecular weight is 317 g/mol. The van der Waals surface area contributed by atoms with Crippen LogP contribution in [-0.4, -0.2) is 0 Å². The Morgan fingerprint density at radius 2 is 1.50 bits per heavy atom. The summed E-state index contributed by atoms with van der Waals surface area (Å²) in [5.74, 6) is 0. The van der Waals surface area contributed by atoms with E-state index in [0.717, 1.165) is 5.56 Å². The Morgan fingerprint density at radius 1 is 0.889 bits per heavy atom. The molecule has 0 saturated heterocycles. The zero-order valence-electron chi connectivity index (χ0n) is 8.85. The molecule has 0 aliphatic rings. The van der Waals surface area contributed by atoms with Crippen LogP contribution in [0.2, 0.25) is 20.1 Å². The second-order valence-electron chi connectivity index (χ2n) is 3.56. The summed E-state index contributed by atoms with van der Waals surface area (Å²) in [5.41, 5.74) is 1.89. The summed E-state index contributed by atoms with van der Waals surface area (Å²) in [6.07, 6.45) is 0. The minimum atomic E-state index is 0.301. The van der Waals surface area contributed by atoms with Crippen molar-refractivity contribution in [2.24, 2.45) is 0 Å². The summed E-state index contributed by atoms with van der Waals surface area (Å²) >= 11 is 23.7. The van der Waals surface area contributed by atoms with Crippen LogP contribution in [0.3, 0.4) is 0 Å². The second kappa shape index (κ2) is 5.38. The van der Waals surface area contributed by atoms with Gasteiger partial charge in [-0.15, -0.1) is 0 Å². The van der Waals surface area contributed by atoms with Crippen molar-refractivity contribution in [2.75, 3.05) is 0 Å². The summed E-state index contributed by atoms with van der Waals surface area (Å²) in [7, 11) is 0. The van der Waals surface area contributed by atoms with Crippen molar-refractivity contribution in [1.82, 2.24) is 0 Å². The Bertz CT molecular complexity index is 636. The molecule has 0 aliphatic heterocycles. The molecule has 2 aromatic carbocycles. The molecule has 0 unspecified atom stereocenters. The van der Waals surface area contributed by atoms with Crippen LogP contribution in [0.15, 0.2) is 30.3 Å². The van der Waals surface area contributed by atoms with E-state index in [1.165, 1.54) is 0 Å². The molecule has 0 atom stereocenters. The summed E-state index contributed by atoms with van der Waals surface area (Å²) in [5, 5.41) is 10.6. The minimum Gasteiger partial charge on any atom is -0.192 e. The van der Waals surface area contributed by atoms with E-state index < -0.39 is 0 Å². The van der Waals surface area contributed by atoms with E-state index in [2.05, 4.69) is 6.07 Å². The van der Waals surface area contributed by atoms with Gasteiger partial charge in [-0.25, -0.2) is 0 Å². The SMILES string of the molecule is N#Cc1cc(Cl)ccc1-c1cc(Cl)c(Cl)c(Cl)c1. The quantitative estimate of drug-likeness (QED) is 0.606. The van der Waals surface area contributed by atoms with Crippen molar-refractivity contribution in [3.63, 3.8) is 0 Å². The molecule has 0 spiro atoms. The first-order valence-corrected chi connectivity index (χ1v) is 6.38. The van der Waals surface area contributed by atoms with Gasteiger partial charge in [0, 0.05) is 5.02 Å². The topological polar surface area (TPSA) is 23.8 Å². The van der Waals surface area contributed by atoms with Crippen LogP contribution >= 0.6 is 46.4 Å². The Labute approximate surface area is 124 Å². The van der Waals surface area contributed by atoms with E-state index in [9.17, 15) is 0 Å². The predicted octanol–water partition coefficient (Wildman–Crippen LogP) is 5.84. The summed E-state index contributed by atoms with van der Waals surface area (Å²) in [6.45, 7) is 0. The number of nitrogens with zero attached hydrogens (tertiary/aromatic N) is 1. The molecule has 18 heavy (non-hydrogen) atoms. The normalized spacial score (nSPS) is 10.2. The first-order chi connectivity index (χ1) is 8.52. The molecule has 0 aromatic heterocycles. The van der Waals surface area contributed by atoms with Crippen LogP contribution in [0.25, 0.3) is 11.1 Å². The van der Waals surface area contributed by atoms with Crippen molar-refractivity contribution in [2.45, 2.75) is 0 Å². The number of hydrogen-bond acceptors (Lipinski definition) is 1. The maximum Gasteiger partial charge on any atom is 0.0998 e. The molecular formula is C13H5Cl4N. The van der Waals surface area contributed by atoms with Gasteiger partial charge in [-0.05, 0) is 35.4 Å². The van der Waals surface area contributed by atoms with Gasteiger partial charge in [0.2, 0.25) is 0 Å². The van der Waals surface area contributed by atoms with Gasteiger partial charge in [0.1, 0.15) is 0 Å². The molecule has 0 radical (unpaired) electrons. The highest BCUT2D eigenvalue weighted by molar-refractivity contribution is 6.48. The van der Waals surface area contributed by atoms with Crippen molar-refractivity contribution in [3.05, 3.63) is 56.0 Å². The van der Waals surface area contributed by atoms with Crippen LogP contribution in [0.4, 0.5) is 0 Å². The molecule has 0 saturated carbocycles. The van der Waals surface area contributed by atoms with Gasteiger partial charge in [-0.1, -0.05) is 52.5 Å². The van der Waals surface area contributed by atoms with E-state index >= 15 is 0 Å². The van der Waals surface area contributed by atoms with Crippen LogP contribution in [0, 0.1) is 11.3 Å². The van der Waals surface area contributed by atoms with Gasteiger partial charge in [-0.2, -0.15) is 5.26 Å². The highest BCUT2D eigenvalue weighted by atomic mass is 35.5. The first-order valence-electron chi connectivity index (χ1n) is 4.87. The molecule has 2 aromatic rings. The minimum absolute atomic E-state index is 0.301. The van der Waals surface area contributed by atoms with Gasteiger partial charge in [0.15, 0.2) is 0 Å². The molecule has 2 rings (SSSR count). The molecule has 1 nitrogen and oxygen atoms in total. The third-order valence-electron chi connectivity index (χ3n) is 2.40. The lowest BCUT2D eigenvalue weighted by atomic mass is 10.0. The monoisotopic (exact) mass is 315 g/mol. The molecule has 0 amide bonds. The van der Waals surface area contributed by atoms with Crippen LogP contribution < -0.4 is 0 Å². The number of nitriles is 1. The van der Waals surface area contributed by atoms with Crippen molar-refractivity contribution in [3.8, 4) is 17.2 Å². The zero-order valence-corrected chi connectivity index (χ0v) is 11.9. The van der Waals surface area contributed by atoms with Crippen LogP contribution in [-0.2, 0) is 0 Å². The smallest absolute Gasteiger partial charge is 0.0998 e. The van der Waals surface area contributed by atoms with Crippen LogP contribution in [0.1, 0.15) is 5.56 Å². The molecular weight excluding hydrogens is 312 g/mol. The fourth-order valence-electron chi connectivity index (χ4n) is 1.57. The Balaban J connectivity index is 2.67. The third-order valence-corrected chi connectivity index (χ3v) is 3.83.